The molecule has 0 atom stereocenters. The van der Waals surface area contributed by atoms with Gasteiger partial charge >= 0.3 is 0 Å². The number of rotatable bonds is 4. The third-order valence-electron chi connectivity index (χ3n) is 4.38. The van der Waals surface area contributed by atoms with Crippen molar-refractivity contribution in [2.24, 2.45) is 0 Å². The lowest BCUT2D eigenvalue weighted by atomic mass is 9.93. The van der Waals surface area contributed by atoms with Crippen LogP contribution in [0.15, 0.2) is 29.8 Å². The molecule has 0 bridgehead atoms. The lowest BCUT2D eigenvalue weighted by molar-refractivity contribution is 0.102. The van der Waals surface area contributed by atoms with Crippen molar-refractivity contribution in [1.29, 1.82) is 0 Å². The molecule has 0 aliphatic heterocycles. The molecule has 0 fully saturated rings. The number of hydrogen-bond donors (Lipinski definition) is 1. The van der Waals surface area contributed by atoms with Crippen LogP contribution in [0, 0.1) is 6.92 Å². The van der Waals surface area contributed by atoms with Gasteiger partial charge in [0.1, 0.15) is 16.5 Å². The van der Waals surface area contributed by atoms with Crippen molar-refractivity contribution in [3.8, 4) is 0 Å². The minimum absolute atomic E-state index is 0.00596. The third kappa shape index (κ3) is 3.20. The molecule has 0 saturated carbocycles. The summed E-state index contributed by atoms with van der Waals surface area (Å²) in [5.74, 6) is 0.223. The zero-order chi connectivity index (χ0) is 18.1. The molecule has 1 amide bonds. The fourth-order valence-corrected chi connectivity index (χ4v) is 5.13. The predicted molar refractivity (Wildman–Crippen MR) is 103 cm³/mol. The summed E-state index contributed by atoms with van der Waals surface area (Å²) in [5, 5.41) is 5.46. The first-order valence-corrected chi connectivity index (χ1v) is 10.2. The van der Waals surface area contributed by atoms with Crippen LogP contribution in [0.4, 0.5) is 5.00 Å². The van der Waals surface area contributed by atoms with E-state index in [1.165, 1.54) is 27.6 Å². The lowest BCUT2D eigenvalue weighted by Gasteiger charge is -2.12. The molecule has 3 aromatic rings. The van der Waals surface area contributed by atoms with E-state index in [1.807, 2.05) is 17.5 Å². The van der Waals surface area contributed by atoms with Crippen molar-refractivity contribution in [3.05, 3.63) is 62.2 Å². The molecule has 1 N–H and O–H groups in total. The van der Waals surface area contributed by atoms with E-state index in [2.05, 4.69) is 15.3 Å². The molecule has 0 spiro atoms. The number of ketones is 1. The number of anilines is 1. The minimum atomic E-state index is -0.311. The highest BCUT2D eigenvalue weighted by Crippen LogP contribution is 2.39. The molecule has 0 unspecified atom stereocenters. The topological polar surface area (TPSA) is 72.0 Å². The molecule has 3 heterocycles. The average molecular weight is 383 g/mol. The van der Waals surface area contributed by atoms with Gasteiger partial charge in [0.15, 0.2) is 0 Å². The van der Waals surface area contributed by atoms with Crippen LogP contribution in [0.2, 0.25) is 0 Å². The molecule has 5 nitrogen and oxygen atoms in total. The standard InChI is InChI=1S/C19H17N3O2S2/c1-11-20-9-8-13(21-11)18(24)22-19-16(17(23)15-7-4-10-25-15)12-5-2-3-6-14(12)26-19/h4,7-10H,2-3,5-6H2,1H3,(H,22,24). The number of amides is 1. The van der Waals surface area contributed by atoms with Crippen LogP contribution >= 0.6 is 22.7 Å². The van der Waals surface area contributed by atoms with E-state index in [4.69, 9.17) is 0 Å². The van der Waals surface area contributed by atoms with E-state index < -0.39 is 0 Å². The maximum Gasteiger partial charge on any atom is 0.275 e. The third-order valence-corrected chi connectivity index (χ3v) is 6.45. The molecule has 1 aliphatic rings. The second kappa shape index (κ2) is 7.09. The molecular weight excluding hydrogens is 366 g/mol. The fourth-order valence-electron chi connectivity index (χ4n) is 3.17. The molecule has 1 aliphatic carbocycles. The number of aryl methyl sites for hydroxylation is 2. The normalized spacial score (nSPS) is 13.3. The molecule has 7 heteroatoms. The van der Waals surface area contributed by atoms with Gasteiger partial charge in [0, 0.05) is 11.1 Å². The molecule has 4 rings (SSSR count). The molecule has 26 heavy (non-hydrogen) atoms. The van der Waals surface area contributed by atoms with E-state index in [1.54, 1.807) is 19.2 Å². The van der Waals surface area contributed by atoms with Crippen LogP contribution in [-0.4, -0.2) is 21.7 Å². The largest absolute Gasteiger partial charge is 0.312 e. The average Bonchev–Trinajstić information content (AvgIpc) is 3.29. The molecule has 0 saturated heterocycles. The van der Waals surface area contributed by atoms with Crippen LogP contribution < -0.4 is 5.32 Å². The van der Waals surface area contributed by atoms with Crippen molar-refractivity contribution < 1.29 is 9.59 Å². The van der Waals surface area contributed by atoms with Crippen molar-refractivity contribution in [1.82, 2.24) is 9.97 Å². The number of hydrogen-bond acceptors (Lipinski definition) is 6. The number of thiophene rings is 2. The second-order valence-corrected chi connectivity index (χ2v) is 8.22. The monoisotopic (exact) mass is 383 g/mol. The van der Waals surface area contributed by atoms with Crippen LogP contribution in [0.1, 0.15) is 54.8 Å². The van der Waals surface area contributed by atoms with Crippen LogP contribution in [0.25, 0.3) is 0 Å². The summed E-state index contributed by atoms with van der Waals surface area (Å²) >= 11 is 2.95. The van der Waals surface area contributed by atoms with E-state index in [0.29, 0.717) is 27.0 Å². The van der Waals surface area contributed by atoms with Crippen molar-refractivity contribution in [3.63, 3.8) is 0 Å². The van der Waals surface area contributed by atoms with Crippen molar-refractivity contribution in [2.45, 2.75) is 32.6 Å². The minimum Gasteiger partial charge on any atom is -0.312 e. The number of carbonyl (C=O) groups excluding carboxylic acids is 2. The Labute approximate surface area is 159 Å². The quantitative estimate of drug-likeness (QED) is 0.683. The SMILES string of the molecule is Cc1nccc(C(=O)Nc2sc3c(c2C(=O)c2cccs2)CCCC3)n1. The van der Waals surface area contributed by atoms with Gasteiger partial charge in [-0.2, -0.15) is 0 Å². The summed E-state index contributed by atoms with van der Waals surface area (Å²) in [7, 11) is 0. The van der Waals surface area contributed by atoms with E-state index in [-0.39, 0.29) is 11.7 Å². The van der Waals surface area contributed by atoms with Crippen LogP contribution in [0.5, 0.6) is 0 Å². The Morgan fingerprint density at radius 3 is 2.81 bits per heavy atom. The Balaban J connectivity index is 1.72. The summed E-state index contributed by atoms with van der Waals surface area (Å²) in [4.78, 5) is 35.8. The van der Waals surface area contributed by atoms with Gasteiger partial charge in [-0.15, -0.1) is 22.7 Å². The first-order chi connectivity index (χ1) is 12.6. The maximum atomic E-state index is 13.1. The Bertz CT molecular complexity index is 977. The van der Waals surface area contributed by atoms with Crippen molar-refractivity contribution in [2.75, 3.05) is 5.32 Å². The maximum absolute atomic E-state index is 13.1. The highest BCUT2D eigenvalue weighted by molar-refractivity contribution is 7.17. The van der Waals surface area contributed by atoms with Gasteiger partial charge in [0.25, 0.3) is 5.91 Å². The summed E-state index contributed by atoms with van der Waals surface area (Å²) in [6, 6.07) is 5.29. The van der Waals surface area contributed by atoms with Gasteiger partial charge in [-0.3, -0.25) is 9.59 Å². The highest BCUT2D eigenvalue weighted by atomic mass is 32.1. The van der Waals surface area contributed by atoms with Crippen molar-refractivity contribution >= 4 is 39.4 Å². The fraction of sp³-hybridized carbons (Fsp3) is 0.263. The Kier molecular flexibility index (Phi) is 4.65. The smallest absolute Gasteiger partial charge is 0.275 e. The first kappa shape index (κ1) is 17.1. The number of aromatic nitrogens is 2. The van der Waals surface area contributed by atoms with Gasteiger partial charge in [0.2, 0.25) is 5.78 Å². The Morgan fingerprint density at radius 1 is 1.19 bits per heavy atom. The predicted octanol–water partition coefficient (Wildman–Crippen LogP) is 4.27. The van der Waals surface area contributed by atoms with Gasteiger partial charge in [-0.05, 0) is 55.7 Å². The van der Waals surface area contributed by atoms with E-state index >= 15 is 0 Å². The number of nitrogens with zero attached hydrogens (tertiary/aromatic N) is 2. The Hall–Kier alpha value is -2.38. The highest BCUT2D eigenvalue weighted by Gasteiger charge is 2.27. The second-order valence-electron chi connectivity index (χ2n) is 6.16. The number of nitrogens with one attached hydrogen (secondary N) is 1. The van der Waals surface area contributed by atoms with Gasteiger partial charge < -0.3 is 5.32 Å². The summed E-state index contributed by atoms with van der Waals surface area (Å²) in [6.45, 7) is 1.74. The van der Waals surface area contributed by atoms with Gasteiger partial charge in [-0.25, -0.2) is 9.97 Å². The zero-order valence-corrected chi connectivity index (χ0v) is 15.9. The molecular formula is C19H17N3O2S2. The molecule has 0 aromatic carbocycles. The summed E-state index contributed by atoms with van der Waals surface area (Å²) in [6.07, 6.45) is 5.62. The number of carbonyl (C=O) groups is 2. The van der Waals surface area contributed by atoms with Gasteiger partial charge in [0.05, 0.1) is 10.4 Å². The van der Waals surface area contributed by atoms with Gasteiger partial charge in [-0.1, -0.05) is 6.07 Å². The molecule has 132 valence electrons. The Morgan fingerprint density at radius 2 is 2.04 bits per heavy atom. The summed E-state index contributed by atoms with van der Waals surface area (Å²) in [5.41, 5.74) is 2.07. The van der Waals surface area contributed by atoms with E-state index in [0.717, 1.165) is 31.2 Å². The van der Waals surface area contributed by atoms with E-state index in [9.17, 15) is 9.59 Å². The zero-order valence-electron chi connectivity index (χ0n) is 14.2. The lowest BCUT2D eigenvalue weighted by Crippen LogP contribution is -2.16. The van der Waals surface area contributed by atoms with Crippen LogP contribution in [-0.2, 0) is 12.8 Å². The molecule has 3 aromatic heterocycles. The summed E-state index contributed by atoms with van der Waals surface area (Å²) < 4.78 is 0. The first-order valence-electron chi connectivity index (χ1n) is 8.47. The van der Waals surface area contributed by atoms with Crippen LogP contribution in [0.3, 0.4) is 0 Å². The molecule has 0 radical (unpaired) electrons. The number of fused-ring (bicyclic) bond motifs is 1.